The number of rotatable bonds is 3. The third-order valence-corrected chi connectivity index (χ3v) is 4.75. The van der Waals surface area contributed by atoms with Crippen LogP contribution in [0.5, 0.6) is 0 Å². The summed E-state index contributed by atoms with van der Waals surface area (Å²) < 4.78 is 15.6. The quantitative estimate of drug-likeness (QED) is 0.874. The number of aromatic nitrogens is 3. The van der Waals surface area contributed by atoms with E-state index in [1.807, 2.05) is 6.33 Å². The van der Waals surface area contributed by atoms with Crippen LogP contribution < -0.4 is 4.90 Å². The first-order valence-electron chi connectivity index (χ1n) is 8.10. The van der Waals surface area contributed by atoms with Crippen molar-refractivity contribution in [3.63, 3.8) is 0 Å². The molecule has 0 N–H and O–H groups in total. The molecule has 118 valence electrons. The molecule has 0 unspecified atom stereocenters. The van der Waals surface area contributed by atoms with Crippen molar-refractivity contribution < 1.29 is 4.39 Å². The van der Waals surface area contributed by atoms with Crippen LogP contribution in [0.4, 0.5) is 10.1 Å². The minimum absolute atomic E-state index is 0.309. The van der Waals surface area contributed by atoms with E-state index in [0.717, 1.165) is 37.4 Å². The van der Waals surface area contributed by atoms with Crippen molar-refractivity contribution in [3.05, 3.63) is 41.7 Å². The summed E-state index contributed by atoms with van der Waals surface area (Å²) in [6, 6.07) is 7.12. The molecular formula is C17H18FN5. The van der Waals surface area contributed by atoms with Crippen LogP contribution in [0.15, 0.2) is 24.5 Å². The molecule has 1 atom stereocenters. The molecule has 1 saturated carbocycles. The second-order valence-electron chi connectivity index (χ2n) is 6.39. The van der Waals surface area contributed by atoms with Gasteiger partial charge in [-0.3, -0.25) is 0 Å². The molecular weight excluding hydrogens is 293 g/mol. The summed E-state index contributed by atoms with van der Waals surface area (Å²) in [4.78, 5) is 2.18. The molecule has 1 aliphatic carbocycles. The summed E-state index contributed by atoms with van der Waals surface area (Å²) in [5.74, 6) is 0.994. The van der Waals surface area contributed by atoms with Gasteiger partial charge >= 0.3 is 0 Å². The van der Waals surface area contributed by atoms with Crippen LogP contribution in [0, 0.1) is 17.1 Å². The zero-order valence-electron chi connectivity index (χ0n) is 12.8. The van der Waals surface area contributed by atoms with E-state index >= 15 is 0 Å². The van der Waals surface area contributed by atoms with Gasteiger partial charge in [0.05, 0.1) is 11.3 Å². The molecule has 23 heavy (non-hydrogen) atoms. The lowest BCUT2D eigenvalue weighted by Crippen LogP contribution is -2.35. The SMILES string of the molecule is N#Cc1cc(F)ccc1N1CCC[C@@H](c2nncn2C2CC2)C1. The van der Waals surface area contributed by atoms with Crippen LogP contribution in [-0.4, -0.2) is 27.9 Å². The number of benzene rings is 1. The Hall–Kier alpha value is -2.42. The van der Waals surface area contributed by atoms with Gasteiger partial charge in [0.15, 0.2) is 0 Å². The Bertz CT molecular complexity index is 759. The number of nitriles is 1. The van der Waals surface area contributed by atoms with E-state index in [-0.39, 0.29) is 5.82 Å². The number of nitrogens with zero attached hydrogens (tertiary/aromatic N) is 5. The zero-order chi connectivity index (χ0) is 15.8. The normalized spacial score (nSPS) is 21.2. The molecule has 1 saturated heterocycles. The topological polar surface area (TPSA) is 57.7 Å². The van der Waals surface area contributed by atoms with Crippen LogP contribution in [0.3, 0.4) is 0 Å². The van der Waals surface area contributed by atoms with E-state index in [1.165, 1.54) is 25.0 Å². The van der Waals surface area contributed by atoms with Gasteiger partial charge in [0.1, 0.15) is 24.0 Å². The van der Waals surface area contributed by atoms with Gasteiger partial charge < -0.3 is 9.47 Å². The van der Waals surface area contributed by atoms with Crippen molar-refractivity contribution in [2.24, 2.45) is 0 Å². The van der Waals surface area contributed by atoms with Gasteiger partial charge in [-0.1, -0.05) is 0 Å². The predicted octanol–water partition coefficient (Wildman–Crippen LogP) is 3.01. The lowest BCUT2D eigenvalue weighted by molar-refractivity contribution is 0.471. The Morgan fingerprint density at radius 3 is 2.91 bits per heavy atom. The third-order valence-electron chi connectivity index (χ3n) is 4.75. The molecule has 2 heterocycles. The molecule has 2 fully saturated rings. The fourth-order valence-corrected chi connectivity index (χ4v) is 3.46. The van der Waals surface area contributed by atoms with Crippen molar-refractivity contribution in [2.45, 2.75) is 37.6 Å². The van der Waals surface area contributed by atoms with Gasteiger partial charge in [0.25, 0.3) is 0 Å². The smallest absolute Gasteiger partial charge is 0.137 e. The van der Waals surface area contributed by atoms with Gasteiger partial charge in [0, 0.05) is 25.0 Å². The van der Waals surface area contributed by atoms with Crippen LogP contribution in [0.1, 0.15) is 49.0 Å². The van der Waals surface area contributed by atoms with E-state index in [2.05, 4.69) is 25.7 Å². The summed E-state index contributed by atoms with van der Waals surface area (Å²) >= 11 is 0. The molecule has 0 spiro atoms. The highest BCUT2D eigenvalue weighted by molar-refractivity contribution is 5.59. The van der Waals surface area contributed by atoms with Crippen molar-refractivity contribution in [1.82, 2.24) is 14.8 Å². The van der Waals surface area contributed by atoms with E-state index in [4.69, 9.17) is 0 Å². The molecule has 4 rings (SSSR count). The Labute approximate surface area is 134 Å². The lowest BCUT2D eigenvalue weighted by atomic mass is 9.96. The number of hydrogen-bond donors (Lipinski definition) is 0. The van der Waals surface area contributed by atoms with Crippen molar-refractivity contribution in [2.75, 3.05) is 18.0 Å². The third kappa shape index (κ3) is 2.67. The van der Waals surface area contributed by atoms with Crippen molar-refractivity contribution in [1.29, 1.82) is 5.26 Å². The Kier molecular flexibility index (Phi) is 3.49. The largest absolute Gasteiger partial charge is 0.370 e. The first-order valence-corrected chi connectivity index (χ1v) is 8.10. The maximum atomic E-state index is 13.4. The first kappa shape index (κ1) is 14.2. The summed E-state index contributed by atoms with van der Waals surface area (Å²) in [5, 5.41) is 17.7. The van der Waals surface area contributed by atoms with E-state index < -0.39 is 0 Å². The van der Waals surface area contributed by atoms with E-state index in [9.17, 15) is 9.65 Å². The Morgan fingerprint density at radius 1 is 1.26 bits per heavy atom. The monoisotopic (exact) mass is 311 g/mol. The lowest BCUT2D eigenvalue weighted by Gasteiger charge is -2.34. The van der Waals surface area contributed by atoms with Crippen LogP contribution >= 0.6 is 0 Å². The van der Waals surface area contributed by atoms with Gasteiger partial charge in [-0.05, 0) is 43.9 Å². The molecule has 0 bridgehead atoms. The summed E-state index contributed by atoms with van der Waals surface area (Å²) in [7, 11) is 0. The molecule has 1 aliphatic heterocycles. The first-order chi connectivity index (χ1) is 11.3. The second kappa shape index (κ2) is 5.65. The molecule has 5 nitrogen and oxygen atoms in total. The van der Waals surface area contributed by atoms with Crippen LogP contribution in [-0.2, 0) is 0 Å². The minimum Gasteiger partial charge on any atom is -0.370 e. The maximum Gasteiger partial charge on any atom is 0.137 e. The summed E-state index contributed by atoms with van der Waals surface area (Å²) in [5.41, 5.74) is 1.21. The van der Waals surface area contributed by atoms with Crippen molar-refractivity contribution >= 4 is 5.69 Å². The maximum absolute atomic E-state index is 13.4. The molecule has 2 aliphatic rings. The Balaban J connectivity index is 1.60. The summed E-state index contributed by atoms with van der Waals surface area (Å²) in [6.07, 6.45) is 6.36. The molecule has 1 aromatic heterocycles. The molecule has 1 aromatic carbocycles. The van der Waals surface area contributed by atoms with E-state index in [1.54, 1.807) is 6.07 Å². The van der Waals surface area contributed by atoms with Gasteiger partial charge in [-0.2, -0.15) is 5.26 Å². The van der Waals surface area contributed by atoms with Crippen molar-refractivity contribution in [3.8, 4) is 6.07 Å². The van der Waals surface area contributed by atoms with Gasteiger partial charge in [-0.25, -0.2) is 4.39 Å². The van der Waals surface area contributed by atoms with E-state index in [0.29, 0.717) is 17.5 Å². The number of halogens is 1. The highest BCUT2D eigenvalue weighted by atomic mass is 19.1. The number of anilines is 1. The number of piperidine rings is 1. The minimum atomic E-state index is -0.368. The fourth-order valence-electron chi connectivity index (χ4n) is 3.46. The average molecular weight is 311 g/mol. The molecule has 0 amide bonds. The fraction of sp³-hybridized carbons (Fsp3) is 0.471. The number of hydrogen-bond acceptors (Lipinski definition) is 4. The van der Waals surface area contributed by atoms with Gasteiger partial charge in [-0.15, -0.1) is 10.2 Å². The standard InChI is InChI=1S/C17H18FN5/c18-14-3-6-16(13(8-14)9-19)22-7-1-2-12(10-22)17-21-20-11-23(17)15-4-5-15/h3,6,8,11-12,15H,1-2,4-5,7,10H2/t12-/m1/s1. The van der Waals surface area contributed by atoms with Gasteiger partial charge in [0.2, 0.25) is 0 Å². The van der Waals surface area contributed by atoms with Crippen LogP contribution in [0.2, 0.25) is 0 Å². The summed E-state index contributed by atoms with van der Waals surface area (Å²) in [6.45, 7) is 1.68. The second-order valence-corrected chi connectivity index (χ2v) is 6.39. The highest BCUT2D eigenvalue weighted by Gasteiger charge is 2.31. The molecule has 0 radical (unpaired) electrons. The molecule has 2 aromatic rings. The van der Waals surface area contributed by atoms with Crippen LogP contribution in [0.25, 0.3) is 0 Å². The zero-order valence-corrected chi connectivity index (χ0v) is 12.8. The molecule has 6 heteroatoms. The highest BCUT2D eigenvalue weighted by Crippen LogP contribution is 2.38. The predicted molar refractivity (Wildman–Crippen MR) is 83.6 cm³/mol. The average Bonchev–Trinajstić information content (AvgIpc) is 3.31. The Morgan fingerprint density at radius 2 is 2.13 bits per heavy atom.